The van der Waals surface area contributed by atoms with Crippen molar-refractivity contribution in [3.05, 3.63) is 35.5 Å². The Bertz CT molecular complexity index is 265. The van der Waals surface area contributed by atoms with Crippen LogP contribution in [0.4, 0.5) is 0 Å². The summed E-state index contributed by atoms with van der Waals surface area (Å²) in [6, 6.07) is 6.99. The molecule has 0 atom stereocenters. The Labute approximate surface area is 64.1 Å². The van der Waals surface area contributed by atoms with Crippen molar-refractivity contribution in [2.24, 2.45) is 0 Å². The molecule has 0 fully saturated rings. The Balaban J connectivity index is 2.87. The van der Waals surface area contributed by atoms with Crippen LogP contribution in [0.3, 0.4) is 0 Å². The zero-order valence-corrected chi connectivity index (χ0v) is 5.84. The minimum atomic E-state index is 0.406. The first-order valence-corrected chi connectivity index (χ1v) is 3.06. The largest absolute Gasteiger partial charge is 0.240 e. The Hall–Kier alpha value is -1.07. The molecule has 0 aliphatic heterocycles. The number of aromatic nitrogens is 1. The number of nitrogens with zero attached hydrogens (tertiary/aromatic N) is 2. The number of hydrogen-bond donors (Lipinski definition) is 0. The van der Waals surface area contributed by atoms with Crippen LogP contribution in [-0.4, -0.2) is 4.98 Å². The molecule has 1 radical (unpaired) electrons. The summed E-state index contributed by atoms with van der Waals surface area (Å²) < 4.78 is 0. The maximum Gasteiger partial charge on any atom is 0.129 e. The van der Waals surface area contributed by atoms with Crippen LogP contribution in [0.25, 0.3) is 0 Å². The fraction of sp³-hybridized carbons (Fsp3) is 0. The maximum atomic E-state index is 8.22. The number of halogens is 1. The summed E-state index contributed by atoms with van der Waals surface area (Å²) >= 11 is 5.54. The van der Waals surface area contributed by atoms with Crippen molar-refractivity contribution in [2.75, 3.05) is 0 Å². The average molecular weight is 152 g/mol. The van der Waals surface area contributed by atoms with Gasteiger partial charge < -0.3 is 0 Å². The van der Waals surface area contributed by atoms with E-state index in [0.717, 1.165) is 0 Å². The lowest BCUT2D eigenvalue weighted by Gasteiger charge is -1.91. The molecular weight excluding hydrogens is 148 g/mol. The Morgan fingerprint density at radius 2 is 2.40 bits per heavy atom. The standard InChI is InChI=1S/C7H4ClN2/c8-7-3-1-2-6(10-7)4-5-9/h1-4H. The third kappa shape index (κ3) is 1.71. The lowest BCUT2D eigenvalue weighted by molar-refractivity contribution is 1.23. The van der Waals surface area contributed by atoms with Gasteiger partial charge in [-0.05, 0) is 12.1 Å². The first-order valence-electron chi connectivity index (χ1n) is 2.68. The first kappa shape index (κ1) is 7.04. The highest BCUT2D eigenvalue weighted by molar-refractivity contribution is 6.29. The molecule has 0 bridgehead atoms. The van der Waals surface area contributed by atoms with Crippen LogP contribution in [0.5, 0.6) is 0 Å². The maximum absolute atomic E-state index is 8.22. The average Bonchev–Trinajstić information content (AvgIpc) is 1.88. The summed E-state index contributed by atoms with van der Waals surface area (Å²) in [5.41, 5.74) is 0.593. The van der Waals surface area contributed by atoms with Gasteiger partial charge in [0.05, 0.1) is 11.8 Å². The highest BCUT2D eigenvalue weighted by Gasteiger charge is 1.92. The third-order valence-corrected chi connectivity index (χ3v) is 1.16. The highest BCUT2D eigenvalue weighted by Crippen LogP contribution is 2.05. The molecular formula is C7H4ClN2. The molecule has 10 heavy (non-hydrogen) atoms. The molecule has 0 saturated heterocycles. The second kappa shape index (κ2) is 3.19. The van der Waals surface area contributed by atoms with Gasteiger partial charge in [-0.1, -0.05) is 17.7 Å². The van der Waals surface area contributed by atoms with Gasteiger partial charge >= 0.3 is 0 Å². The van der Waals surface area contributed by atoms with E-state index in [4.69, 9.17) is 16.9 Å². The number of hydrogen-bond acceptors (Lipinski definition) is 2. The Morgan fingerprint density at radius 3 is 3.00 bits per heavy atom. The molecule has 0 aliphatic rings. The van der Waals surface area contributed by atoms with Gasteiger partial charge in [0.25, 0.3) is 0 Å². The van der Waals surface area contributed by atoms with Gasteiger partial charge in [0.15, 0.2) is 0 Å². The van der Waals surface area contributed by atoms with Crippen LogP contribution in [-0.2, 0) is 0 Å². The van der Waals surface area contributed by atoms with Gasteiger partial charge in [-0.15, -0.1) is 0 Å². The fourth-order valence-corrected chi connectivity index (χ4v) is 0.741. The molecule has 2 nitrogen and oxygen atoms in total. The van der Waals surface area contributed by atoms with Crippen LogP contribution in [0.2, 0.25) is 5.15 Å². The minimum Gasteiger partial charge on any atom is -0.240 e. The summed E-state index contributed by atoms with van der Waals surface area (Å²) in [4.78, 5) is 3.85. The van der Waals surface area contributed by atoms with E-state index in [-0.39, 0.29) is 0 Å². The molecule has 0 spiro atoms. The first-order chi connectivity index (χ1) is 4.83. The minimum absolute atomic E-state index is 0.406. The van der Waals surface area contributed by atoms with E-state index < -0.39 is 0 Å². The van der Waals surface area contributed by atoms with Crippen LogP contribution < -0.4 is 0 Å². The second-order valence-corrected chi connectivity index (χ2v) is 2.05. The summed E-state index contributed by atoms with van der Waals surface area (Å²) in [5.74, 6) is 0. The molecule has 1 aromatic rings. The third-order valence-electron chi connectivity index (χ3n) is 0.949. The molecule has 0 saturated carbocycles. The molecule has 1 heterocycles. The van der Waals surface area contributed by atoms with Crippen molar-refractivity contribution in [1.82, 2.24) is 4.98 Å². The van der Waals surface area contributed by atoms with Crippen molar-refractivity contribution in [1.29, 1.82) is 5.26 Å². The highest BCUT2D eigenvalue weighted by atomic mass is 35.5. The van der Waals surface area contributed by atoms with Crippen molar-refractivity contribution >= 4 is 11.6 Å². The van der Waals surface area contributed by atoms with E-state index in [1.807, 2.05) is 6.07 Å². The van der Waals surface area contributed by atoms with E-state index in [2.05, 4.69) is 4.98 Å². The van der Waals surface area contributed by atoms with E-state index in [1.54, 1.807) is 18.2 Å². The summed E-state index contributed by atoms with van der Waals surface area (Å²) in [7, 11) is 0. The van der Waals surface area contributed by atoms with E-state index in [9.17, 15) is 0 Å². The van der Waals surface area contributed by atoms with Gasteiger partial charge in [0, 0.05) is 0 Å². The van der Waals surface area contributed by atoms with Crippen LogP contribution in [0, 0.1) is 17.8 Å². The summed E-state index contributed by atoms with van der Waals surface area (Å²) in [6.07, 6.45) is 1.34. The molecule has 1 aromatic heterocycles. The number of nitriles is 1. The molecule has 0 amide bonds. The number of pyridine rings is 1. The topological polar surface area (TPSA) is 36.7 Å². The normalized spacial score (nSPS) is 8.80. The van der Waals surface area contributed by atoms with Crippen molar-refractivity contribution in [2.45, 2.75) is 0 Å². The monoisotopic (exact) mass is 151 g/mol. The van der Waals surface area contributed by atoms with Crippen molar-refractivity contribution in [3.63, 3.8) is 0 Å². The van der Waals surface area contributed by atoms with Crippen molar-refractivity contribution in [3.8, 4) is 6.07 Å². The zero-order valence-electron chi connectivity index (χ0n) is 5.08. The van der Waals surface area contributed by atoms with E-state index in [1.165, 1.54) is 6.42 Å². The SMILES string of the molecule is N#C[CH]c1cccc(Cl)n1. The molecule has 49 valence electrons. The molecule has 0 aromatic carbocycles. The van der Waals surface area contributed by atoms with Gasteiger partial charge in [-0.3, -0.25) is 0 Å². The van der Waals surface area contributed by atoms with Gasteiger partial charge in [0.1, 0.15) is 11.6 Å². The Kier molecular flexibility index (Phi) is 2.24. The predicted molar refractivity (Wildman–Crippen MR) is 38.3 cm³/mol. The Morgan fingerprint density at radius 1 is 1.60 bits per heavy atom. The molecule has 0 N–H and O–H groups in total. The van der Waals surface area contributed by atoms with Gasteiger partial charge in [-0.2, -0.15) is 5.26 Å². The van der Waals surface area contributed by atoms with E-state index >= 15 is 0 Å². The van der Waals surface area contributed by atoms with Crippen molar-refractivity contribution < 1.29 is 0 Å². The second-order valence-electron chi connectivity index (χ2n) is 1.66. The molecule has 3 heteroatoms. The van der Waals surface area contributed by atoms with Crippen LogP contribution in [0.1, 0.15) is 5.69 Å². The lowest BCUT2D eigenvalue weighted by Crippen LogP contribution is -1.83. The van der Waals surface area contributed by atoms with E-state index in [0.29, 0.717) is 10.8 Å². The lowest BCUT2D eigenvalue weighted by atomic mass is 10.3. The number of rotatable bonds is 1. The van der Waals surface area contributed by atoms with Gasteiger partial charge in [0.2, 0.25) is 0 Å². The molecule has 0 unspecified atom stereocenters. The molecule has 0 aliphatic carbocycles. The van der Waals surface area contributed by atoms with Crippen LogP contribution >= 0.6 is 11.6 Å². The summed E-state index contributed by atoms with van der Waals surface area (Å²) in [5, 5.41) is 8.63. The van der Waals surface area contributed by atoms with Crippen LogP contribution in [0.15, 0.2) is 18.2 Å². The fourth-order valence-electron chi connectivity index (χ4n) is 0.570. The van der Waals surface area contributed by atoms with Gasteiger partial charge in [-0.25, -0.2) is 4.98 Å². The predicted octanol–water partition coefficient (Wildman–Crippen LogP) is 1.81. The quantitative estimate of drug-likeness (QED) is 0.574. The summed E-state index contributed by atoms with van der Waals surface area (Å²) in [6.45, 7) is 0. The zero-order chi connectivity index (χ0) is 7.40. The molecule has 1 rings (SSSR count). The smallest absolute Gasteiger partial charge is 0.129 e.